The quantitative estimate of drug-likeness (QED) is 0.293. The van der Waals surface area contributed by atoms with Crippen LogP contribution in [0.25, 0.3) is 0 Å². The molecule has 7 nitrogen and oxygen atoms in total. The first kappa shape index (κ1) is 30.3. The second-order valence-corrected chi connectivity index (χ2v) is 15.7. The fourth-order valence-corrected chi connectivity index (χ4v) is 11.3. The molecule has 0 radical (unpaired) electrons. The van der Waals surface area contributed by atoms with Crippen LogP contribution in [0.2, 0.25) is 0 Å². The van der Waals surface area contributed by atoms with Crippen molar-refractivity contribution in [1.82, 2.24) is 0 Å². The van der Waals surface area contributed by atoms with Gasteiger partial charge in [0.1, 0.15) is 6.10 Å². The highest BCUT2D eigenvalue weighted by molar-refractivity contribution is 5.96. The number of methoxy groups -OCH3 is 2. The third kappa shape index (κ3) is 3.88. The van der Waals surface area contributed by atoms with Crippen molar-refractivity contribution < 1.29 is 33.4 Å². The molecular formula is C34H50O7. The minimum atomic E-state index is -0.734. The summed E-state index contributed by atoms with van der Waals surface area (Å²) in [5.74, 6) is -0.753. The molecule has 0 amide bonds. The number of carbonyl (C=O) groups is 4. The van der Waals surface area contributed by atoms with E-state index in [1.165, 1.54) is 21.1 Å². The first-order valence-corrected chi connectivity index (χ1v) is 15.6. The van der Waals surface area contributed by atoms with Gasteiger partial charge in [0, 0.05) is 18.3 Å². The van der Waals surface area contributed by atoms with Crippen molar-refractivity contribution in [2.45, 2.75) is 112 Å². The minimum Gasteiger partial charge on any atom is -0.469 e. The Hall–Kier alpha value is -2.18. The molecule has 5 aliphatic rings. The Morgan fingerprint density at radius 2 is 1.46 bits per heavy atom. The molecule has 41 heavy (non-hydrogen) atoms. The zero-order valence-corrected chi connectivity index (χ0v) is 26.6. The Balaban J connectivity index is 1.61. The normalized spacial score (nSPS) is 46.5. The molecule has 228 valence electrons. The van der Waals surface area contributed by atoms with Crippen LogP contribution in [0.4, 0.5) is 0 Å². The molecule has 0 aromatic carbocycles. The van der Waals surface area contributed by atoms with E-state index in [1.807, 2.05) is 13.0 Å². The molecule has 5 rings (SSSR count). The van der Waals surface area contributed by atoms with Crippen molar-refractivity contribution in [2.75, 3.05) is 14.2 Å². The Morgan fingerprint density at radius 1 is 0.829 bits per heavy atom. The highest BCUT2D eigenvalue weighted by Crippen LogP contribution is 2.75. The van der Waals surface area contributed by atoms with Gasteiger partial charge in [-0.05, 0) is 98.9 Å². The Labute approximate surface area is 245 Å². The van der Waals surface area contributed by atoms with E-state index >= 15 is 0 Å². The standard InChI is InChI=1S/C34H50O7/c1-20(35)41-25-11-12-31(5)24(29(25,2)3)10-13-33(7)26(31)23(36)18-21-22-19-30(4,27(37)39-8)14-16-34(22,28(38)40-9)17-15-32(21,33)6/h18,22,24-26H,10-17,19H2,1-9H3/t22-,24-,25-,26+,30-,31-,32+,33+,34-/m0/s1. The van der Waals surface area contributed by atoms with Crippen LogP contribution in [0.1, 0.15) is 106 Å². The lowest BCUT2D eigenvalue weighted by Crippen LogP contribution is -2.67. The van der Waals surface area contributed by atoms with Crippen LogP contribution in [0.5, 0.6) is 0 Å². The van der Waals surface area contributed by atoms with Crippen LogP contribution in [0, 0.1) is 50.2 Å². The summed E-state index contributed by atoms with van der Waals surface area (Å²) < 4.78 is 16.5. The number of allylic oxidation sites excluding steroid dienone is 2. The lowest BCUT2D eigenvalue weighted by Gasteiger charge is -2.70. The first-order valence-electron chi connectivity index (χ1n) is 15.6. The Morgan fingerprint density at radius 3 is 2.07 bits per heavy atom. The van der Waals surface area contributed by atoms with Gasteiger partial charge in [0.2, 0.25) is 0 Å². The molecule has 0 N–H and O–H groups in total. The number of ether oxygens (including phenoxy) is 3. The molecule has 5 aliphatic carbocycles. The number of ketones is 1. The van der Waals surface area contributed by atoms with E-state index in [0.29, 0.717) is 25.7 Å². The zero-order valence-electron chi connectivity index (χ0n) is 26.6. The fourth-order valence-electron chi connectivity index (χ4n) is 11.3. The maximum absolute atomic E-state index is 14.6. The van der Waals surface area contributed by atoms with Gasteiger partial charge in [-0.3, -0.25) is 19.2 Å². The third-order valence-corrected chi connectivity index (χ3v) is 13.7. The molecule has 0 bridgehead atoms. The molecule has 0 aromatic rings. The van der Waals surface area contributed by atoms with Crippen molar-refractivity contribution >= 4 is 23.7 Å². The van der Waals surface area contributed by atoms with Crippen molar-refractivity contribution in [3.05, 3.63) is 11.6 Å². The van der Waals surface area contributed by atoms with Crippen molar-refractivity contribution in [2.24, 2.45) is 50.2 Å². The van der Waals surface area contributed by atoms with Gasteiger partial charge in [-0.2, -0.15) is 0 Å². The summed E-state index contributed by atoms with van der Waals surface area (Å²) >= 11 is 0. The molecule has 4 saturated carbocycles. The number of fused-ring (bicyclic) bond motifs is 7. The van der Waals surface area contributed by atoms with E-state index in [4.69, 9.17) is 14.2 Å². The smallest absolute Gasteiger partial charge is 0.312 e. The summed E-state index contributed by atoms with van der Waals surface area (Å²) in [5.41, 5.74) is -1.49. The highest BCUT2D eigenvalue weighted by atomic mass is 16.5. The number of hydrogen-bond acceptors (Lipinski definition) is 7. The second-order valence-electron chi connectivity index (χ2n) is 15.7. The number of rotatable bonds is 3. The van der Waals surface area contributed by atoms with Gasteiger partial charge >= 0.3 is 17.9 Å². The predicted octanol–water partition coefficient (Wildman–Crippen LogP) is 6.22. The summed E-state index contributed by atoms with van der Waals surface area (Å²) in [5, 5.41) is 0. The van der Waals surface area contributed by atoms with E-state index in [9.17, 15) is 19.2 Å². The van der Waals surface area contributed by atoms with E-state index in [0.717, 1.165) is 37.7 Å². The third-order valence-electron chi connectivity index (χ3n) is 13.7. The van der Waals surface area contributed by atoms with Crippen molar-refractivity contribution in [1.29, 1.82) is 0 Å². The van der Waals surface area contributed by atoms with Crippen LogP contribution < -0.4 is 0 Å². The lowest BCUT2D eigenvalue weighted by molar-refractivity contribution is -0.212. The molecule has 0 heterocycles. The van der Waals surface area contributed by atoms with Gasteiger partial charge in [-0.1, -0.05) is 40.2 Å². The maximum atomic E-state index is 14.6. The fraction of sp³-hybridized carbons (Fsp3) is 0.824. The van der Waals surface area contributed by atoms with Crippen LogP contribution in [-0.2, 0) is 33.4 Å². The van der Waals surface area contributed by atoms with Gasteiger partial charge in [-0.15, -0.1) is 0 Å². The zero-order chi connectivity index (χ0) is 30.4. The molecule has 9 atom stereocenters. The molecule has 0 spiro atoms. The SMILES string of the molecule is COC(=O)[C@@]1(C)CC[C@]2(C(=O)OC)CC[C@]3(C)C(=CC(=O)[C@@H]4[C@@]5(C)CC[C@H](OC(C)=O)C(C)(C)[C@@H]5CC[C@]43C)[C@@H]2C1. The van der Waals surface area contributed by atoms with Crippen LogP contribution in [0.3, 0.4) is 0 Å². The predicted molar refractivity (Wildman–Crippen MR) is 153 cm³/mol. The van der Waals surface area contributed by atoms with E-state index in [2.05, 4.69) is 34.6 Å². The second kappa shape index (κ2) is 9.41. The molecule has 0 aliphatic heterocycles. The van der Waals surface area contributed by atoms with Crippen LogP contribution >= 0.6 is 0 Å². The first-order chi connectivity index (χ1) is 19.0. The molecule has 7 heteroatoms. The van der Waals surface area contributed by atoms with E-state index < -0.39 is 10.8 Å². The largest absolute Gasteiger partial charge is 0.469 e. The monoisotopic (exact) mass is 570 g/mol. The molecule has 0 saturated heterocycles. The number of hydrogen-bond donors (Lipinski definition) is 0. The lowest BCUT2D eigenvalue weighted by atomic mass is 9.33. The van der Waals surface area contributed by atoms with Gasteiger partial charge < -0.3 is 14.2 Å². The van der Waals surface area contributed by atoms with Crippen molar-refractivity contribution in [3.63, 3.8) is 0 Å². The van der Waals surface area contributed by atoms with Crippen molar-refractivity contribution in [3.8, 4) is 0 Å². The van der Waals surface area contributed by atoms with Crippen LogP contribution in [-0.4, -0.2) is 44.0 Å². The number of esters is 3. The van der Waals surface area contributed by atoms with Gasteiger partial charge in [0.25, 0.3) is 0 Å². The Kier molecular flexibility index (Phi) is 6.95. The minimum absolute atomic E-state index is 0.153. The molecule has 0 aromatic heterocycles. The average Bonchev–Trinajstić information content (AvgIpc) is 2.90. The van der Waals surface area contributed by atoms with Gasteiger partial charge in [-0.25, -0.2) is 0 Å². The summed E-state index contributed by atoms with van der Waals surface area (Å²) in [7, 11) is 2.87. The molecular weight excluding hydrogens is 520 g/mol. The van der Waals surface area contributed by atoms with E-state index in [-0.39, 0.29) is 69.2 Å². The average molecular weight is 571 g/mol. The van der Waals surface area contributed by atoms with E-state index in [1.54, 1.807) is 0 Å². The molecule has 0 unspecified atom stereocenters. The highest BCUT2D eigenvalue weighted by Gasteiger charge is 2.72. The molecule has 4 fully saturated rings. The Bertz CT molecular complexity index is 1200. The topological polar surface area (TPSA) is 96.0 Å². The summed E-state index contributed by atoms with van der Waals surface area (Å²) in [6.07, 6.45) is 8.24. The summed E-state index contributed by atoms with van der Waals surface area (Å²) in [6.45, 7) is 14.8. The van der Waals surface area contributed by atoms with Gasteiger partial charge in [0.15, 0.2) is 5.78 Å². The summed E-state index contributed by atoms with van der Waals surface area (Å²) in [4.78, 5) is 53.0. The van der Waals surface area contributed by atoms with Crippen LogP contribution in [0.15, 0.2) is 11.6 Å². The van der Waals surface area contributed by atoms with Gasteiger partial charge in [0.05, 0.1) is 25.0 Å². The number of carbonyl (C=O) groups excluding carboxylic acids is 4. The summed E-state index contributed by atoms with van der Waals surface area (Å²) in [6, 6.07) is 0. The maximum Gasteiger partial charge on any atom is 0.312 e.